The number of halogens is 3. The molecule has 4 heterocycles. The number of nitrogens with zero attached hydrogens (tertiary/aromatic N) is 5. The highest BCUT2D eigenvalue weighted by molar-refractivity contribution is 7.09. The maximum Gasteiger partial charge on any atom is 0.433 e. The first-order valence-corrected chi connectivity index (χ1v) is 13.5. The number of thiophene rings is 1. The molecule has 1 amide bonds. The number of carboxylic acid groups (broad SMARTS) is 3. The highest BCUT2D eigenvalue weighted by Crippen LogP contribution is 2.34. The summed E-state index contributed by atoms with van der Waals surface area (Å²) in [6.45, 7) is 2.95. The summed E-state index contributed by atoms with van der Waals surface area (Å²) in [5, 5.41) is 39.4. The third-order valence-electron chi connectivity index (χ3n) is 6.58. The van der Waals surface area contributed by atoms with Gasteiger partial charge in [-0.25, -0.2) is 9.78 Å². The van der Waals surface area contributed by atoms with Gasteiger partial charge in [-0.2, -0.15) is 27.8 Å². The number of carbonyl (C=O) groups is 4. The van der Waals surface area contributed by atoms with Gasteiger partial charge in [0.15, 0.2) is 11.3 Å². The van der Waals surface area contributed by atoms with Gasteiger partial charge in [0.1, 0.15) is 6.33 Å². The molecule has 0 aromatic carbocycles. The molecule has 3 aromatic rings. The molecule has 0 aliphatic carbocycles. The quantitative estimate of drug-likeness (QED) is 0.276. The van der Waals surface area contributed by atoms with Crippen molar-refractivity contribution >= 4 is 40.9 Å². The number of piperidine rings is 1. The van der Waals surface area contributed by atoms with Gasteiger partial charge in [-0.1, -0.05) is 13.0 Å². The molecule has 1 unspecified atom stereocenters. The fourth-order valence-corrected chi connectivity index (χ4v) is 5.32. The van der Waals surface area contributed by atoms with Crippen molar-refractivity contribution in [3.05, 3.63) is 46.2 Å². The predicted octanol–water partition coefficient (Wildman–Crippen LogP) is 2.54. The Morgan fingerprint density at radius 3 is 2.21 bits per heavy atom. The molecule has 4 rings (SSSR count). The van der Waals surface area contributed by atoms with Crippen LogP contribution in [-0.4, -0.2) is 87.4 Å². The number of hydrogen-bond donors (Lipinski definition) is 4. The molecule has 13 nitrogen and oxygen atoms in total. The molecule has 42 heavy (non-hydrogen) atoms. The molecule has 228 valence electrons. The molecule has 3 aromatic heterocycles. The summed E-state index contributed by atoms with van der Waals surface area (Å²) in [6, 6.07) is 5.05. The average Bonchev–Trinajstić information content (AvgIpc) is 3.58. The predicted molar refractivity (Wildman–Crippen MR) is 139 cm³/mol. The minimum Gasteiger partial charge on any atom is -0.481 e. The van der Waals surface area contributed by atoms with Gasteiger partial charge in [-0.3, -0.25) is 14.4 Å². The third-order valence-corrected chi connectivity index (χ3v) is 7.48. The normalized spacial score (nSPS) is 15.1. The third kappa shape index (κ3) is 8.22. The van der Waals surface area contributed by atoms with Gasteiger partial charge >= 0.3 is 24.1 Å². The molecule has 1 aliphatic rings. The van der Waals surface area contributed by atoms with Crippen LogP contribution in [-0.2, 0) is 31.8 Å². The van der Waals surface area contributed by atoms with Crippen LogP contribution in [0.1, 0.15) is 54.8 Å². The van der Waals surface area contributed by atoms with E-state index >= 15 is 0 Å². The lowest BCUT2D eigenvalue weighted by Gasteiger charge is -2.33. The molecular formula is C25H28F3N5O8S. The van der Waals surface area contributed by atoms with Crippen molar-refractivity contribution in [2.24, 2.45) is 5.92 Å². The van der Waals surface area contributed by atoms with Crippen LogP contribution >= 0.6 is 11.3 Å². The van der Waals surface area contributed by atoms with Crippen molar-refractivity contribution in [2.75, 3.05) is 13.1 Å². The number of rotatable bonds is 9. The smallest absolute Gasteiger partial charge is 0.433 e. The number of carboxylic acids is 3. The zero-order valence-electron chi connectivity index (χ0n) is 22.2. The first kappa shape index (κ1) is 32.4. The van der Waals surface area contributed by atoms with E-state index in [-0.39, 0.29) is 23.5 Å². The van der Waals surface area contributed by atoms with E-state index in [0.717, 1.165) is 12.4 Å². The molecule has 4 N–H and O–H groups in total. The Bertz CT molecular complexity index is 1410. The maximum absolute atomic E-state index is 13.4. The van der Waals surface area contributed by atoms with Gasteiger partial charge < -0.3 is 25.3 Å². The minimum absolute atomic E-state index is 0.0575. The maximum atomic E-state index is 13.4. The van der Waals surface area contributed by atoms with Crippen molar-refractivity contribution < 1.29 is 52.8 Å². The number of aliphatic hydroxyl groups is 1. The monoisotopic (exact) mass is 615 g/mol. The molecule has 0 bridgehead atoms. The van der Waals surface area contributed by atoms with Gasteiger partial charge in [0, 0.05) is 35.5 Å². The summed E-state index contributed by atoms with van der Waals surface area (Å²) < 4.78 is 40.9. The fraction of sp³-hybridized carbons (Fsp3) is 0.480. The number of hydrogen-bond acceptors (Lipinski definition) is 9. The molecule has 1 atom stereocenters. The van der Waals surface area contributed by atoms with Gasteiger partial charge in [-0.05, 0) is 36.8 Å². The van der Waals surface area contributed by atoms with E-state index in [9.17, 15) is 32.3 Å². The summed E-state index contributed by atoms with van der Waals surface area (Å²) in [6.07, 6.45) is -3.91. The number of amides is 1. The Balaban J connectivity index is 0.000000316. The van der Waals surface area contributed by atoms with Crippen LogP contribution in [0, 0.1) is 5.92 Å². The summed E-state index contributed by atoms with van der Waals surface area (Å²) in [7, 11) is 0. The standard InChI is InChI=1S/C19H20F3N5OS.C6H8O7/c1-12(9-14-3-2-8-29-14)17(28)26-6-4-13(5-7-26)15-10-16(19(20,21)22)27-18(25-15)23-11-24-27;7-3(8)1-6(13,5(11)12)2-4(9)10/h2-3,8,10-13H,4-7,9H2,1H3;13H,1-2H2,(H,7,8)(H,9,10)(H,11,12). The largest absolute Gasteiger partial charge is 0.481 e. The van der Waals surface area contributed by atoms with E-state index in [2.05, 4.69) is 15.1 Å². The second-order valence-electron chi connectivity index (χ2n) is 9.80. The molecule has 1 saturated heterocycles. The van der Waals surface area contributed by atoms with Gasteiger partial charge in [0.2, 0.25) is 5.91 Å². The summed E-state index contributed by atoms with van der Waals surface area (Å²) in [5.41, 5.74) is -3.26. The lowest BCUT2D eigenvalue weighted by atomic mass is 9.92. The van der Waals surface area contributed by atoms with Crippen molar-refractivity contribution in [3.63, 3.8) is 0 Å². The first-order chi connectivity index (χ1) is 19.6. The van der Waals surface area contributed by atoms with Crippen LogP contribution in [0.25, 0.3) is 5.78 Å². The van der Waals surface area contributed by atoms with Crippen LogP contribution < -0.4 is 0 Å². The highest BCUT2D eigenvalue weighted by atomic mass is 32.1. The molecule has 0 radical (unpaired) electrons. The van der Waals surface area contributed by atoms with Crippen molar-refractivity contribution in [2.45, 2.75) is 56.7 Å². The SMILES string of the molecule is CC(Cc1cccs1)C(=O)N1CCC(c2cc(C(F)(F)F)n3ncnc3n2)CC1.O=C(O)CC(O)(CC(=O)O)C(=O)O. The fourth-order valence-electron chi connectivity index (χ4n) is 4.48. The number of alkyl halides is 3. The second-order valence-corrected chi connectivity index (χ2v) is 10.8. The number of carbonyl (C=O) groups excluding carboxylic acids is 1. The zero-order valence-corrected chi connectivity index (χ0v) is 23.0. The summed E-state index contributed by atoms with van der Waals surface area (Å²) in [4.78, 5) is 54.3. The van der Waals surface area contributed by atoms with E-state index in [1.54, 1.807) is 11.3 Å². The molecule has 0 spiro atoms. The Labute approximate surface area is 240 Å². The van der Waals surface area contributed by atoms with Crippen molar-refractivity contribution in [1.82, 2.24) is 24.5 Å². The molecule has 0 saturated carbocycles. The van der Waals surface area contributed by atoms with E-state index in [1.165, 1.54) is 4.88 Å². The molecule has 17 heteroatoms. The van der Waals surface area contributed by atoms with Crippen LogP contribution in [0.3, 0.4) is 0 Å². The van der Waals surface area contributed by atoms with Crippen molar-refractivity contribution in [3.8, 4) is 0 Å². The number of likely N-dealkylation sites (tertiary alicyclic amines) is 1. The van der Waals surface area contributed by atoms with Crippen molar-refractivity contribution in [1.29, 1.82) is 0 Å². The van der Waals surface area contributed by atoms with E-state index < -0.39 is 48.2 Å². The minimum atomic E-state index is -4.54. The van der Waals surface area contributed by atoms with Crippen LogP contribution in [0.2, 0.25) is 0 Å². The lowest BCUT2D eigenvalue weighted by Crippen LogP contribution is -2.42. The Morgan fingerprint density at radius 1 is 1.10 bits per heavy atom. The molecule has 1 aliphatic heterocycles. The van der Waals surface area contributed by atoms with E-state index in [1.807, 2.05) is 29.3 Å². The Hall–Kier alpha value is -4.12. The average molecular weight is 616 g/mol. The number of aromatic nitrogens is 4. The topological polar surface area (TPSA) is 196 Å². The van der Waals surface area contributed by atoms with Crippen LogP contribution in [0.15, 0.2) is 29.9 Å². The van der Waals surface area contributed by atoms with E-state index in [0.29, 0.717) is 42.6 Å². The Kier molecular flexibility index (Phi) is 10.2. The molecule has 1 fully saturated rings. The number of aliphatic carboxylic acids is 3. The van der Waals surface area contributed by atoms with Crippen LogP contribution in [0.5, 0.6) is 0 Å². The lowest BCUT2D eigenvalue weighted by molar-refractivity contribution is -0.170. The zero-order chi connectivity index (χ0) is 31.2. The van der Waals surface area contributed by atoms with Gasteiger partial charge in [-0.15, -0.1) is 11.3 Å². The molecular weight excluding hydrogens is 587 g/mol. The van der Waals surface area contributed by atoms with Crippen LogP contribution in [0.4, 0.5) is 13.2 Å². The van der Waals surface area contributed by atoms with Gasteiger partial charge in [0.25, 0.3) is 5.78 Å². The van der Waals surface area contributed by atoms with Gasteiger partial charge in [0.05, 0.1) is 12.8 Å². The highest BCUT2D eigenvalue weighted by Gasteiger charge is 2.41. The second kappa shape index (κ2) is 13.2. The Morgan fingerprint density at radius 2 is 1.71 bits per heavy atom. The summed E-state index contributed by atoms with van der Waals surface area (Å²) >= 11 is 1.63. The number of fused-ring (bicyclic) bond motifs is 1. The first-order valence-electron chi connectivity index (χ1n) is 12.6. The summed E-state index contributed by atoms with van der Waals surface area (Å²) in [5.74, 6) is -5.25. The van der Waals surface area contributed by atoms with E-state index in [4.69, 9.17) is 20.4 Å².